The second-order valence-corrected chi connectivity index (χ2v) is 8.43. The van der Waals surface area contributed by atoms with E-state index in [0.29, 0.717) is 23.8 Å². The van der Waals surface area contributed by atoms with Crippen LogP contribution in [0, 0.1) is 0 Å². The lowest BCUT2D eigenvalue weighted by atomic mass is 10.1. The van der Waals surface area contributed by atoms with Gasteiger partial charge in [-0.3, -0.25) is 9.69 Å². The predicted molar refractivity (Wildman–Crippen MR) is 128 cm³/mol. The smallest absolute Gasteiger partial charge is 0.262 e. The number of anilines is 1. The number of hydrogen-bond donors (Lipinski definition) is 1. The van der Waals surface area contributed by atoms with Gasteiger partial charge in [0.15, 0.2) is 5.13 Å². The molecular formula is C24H23N5O2S. The number of H-pyrrole nitrogens is 1. The zero-order valence-corrected chi connectivity index (χ0v) is 18.5. The number of carbonyl (C=O) groups excluding carboxylic acids is 1. The van der Waals surface area contributed by atoms with Crippen LogP contribution in [0.2, 0.25) is 0 Å². The number of carbonyl (C=O) groups is 1. The Bertz CT molecular complexity index is 1360. The molecule has 3 aromatic heterocycles. The van der Waals surface area contributed by atoms with Crippen LogP contribution in [0.25, 0.3) is 21.1 Å². The standard InChI is InChI=1S/C24H23N5O2S/c1-2-31-17-8-9-21-22(14-17)32-24(27-21)29(12-5-11-28-13-10-25-16-28)23(30)19-15-26-20-7-4-3-6-18(19)20/h3-4,6-10,13-16,26H,2,5,11-12H2,1H3. The quantitative estimate of drug-likeness (QED) is 0.360. The molecule has 0 aliphatic heterocycles. The molecule has 0 radical (unpaired) electrons. The van der Waals surface area contributed by atoms with Crippen molar-refractivity contribution in [3.63, 3.8) is 0 Å². The molecule has 1 amide bonds. The lowest BCUT2D eigenvalue weighted by Crippen LogP contribution is -2.32. The van der Waals surface area contributed by atoms with Crippen LogP contribution in [-0.2, 0) is 6.54 Å². The van der Waals surface area contributed by atoms with E-state index in [9.17, 15) is 4.79 Å². The van der Waals surface area contributed by atoms with Gasteiger partial charge in [0.1, 0.15) is 5.75 Å². The molecule has 0 saturated carbocycles. The predicted octanol–water partition coefficient (Wildman–Crippen LogP) is 5.11. The van der Waals surface area contributed by atoms with E-state index >= 15 is 0 Å². The number of benzene rings is 2. The number of ether oxygens (including phenoxy) is 1. The largest absolute Gasteiger partial charge is 0.494 e. The highest BCUT2D eigenvalue weighted by molar-refractivity contribution is 7.22. The van der Waals surface area contributed by atoms with E-state index in [4.69, 9.17) is 9.72 Å². The van der Waals surface area contributed by atoms with E-state index in [1.807, 2.05) is 60.2 Å². The monoisotopic (exact) mass is 445 g/mol. The summed E-state index contributed by atoms with van der Waals surface area (Å²) in [5, 5.41) is 1.60. The summed E-state index contributed by atoms with van der Waals surface area (Å²) in [5.41, 5.74) is 2.46. The normalized spacial score (nSPS) is 11.3. The fraction of sp³-hybridized carbons (Fsp3) is 0.208. The van der Waals surface area contributed by atoms with Crippen LogP contribution in [-0.4, -0.2) is 38.6 Å². The summed E-state index contributed by atoms with van der Waals surface area (Å²) in [6.07, 6.45) is 8.05. The fourth-order valence-corrected chi connectivity index (χ4v) is 4.79. The minimum Gasteiger partial charge on any atom is -0.494 e. The van der Waals surface area contributed by atoms with Gasteiger partial charge >= 0.3 is 0 Å². The van der Waals surface area contributed by atoms with E-state index in [1.54, 1.807) is 23.6 Å². The summed E-state index contributed by atoms with van der Waals surface area (Å²) < 4.78 is 8.64. The molecule has 0 unspecified atom stereocenters. The molecule has 0 aliphatic carbocycles. The first kappa shape index (κ1) is 20.3. The summed E-state index contributed by atoms with van der Waals surface area (Å²) in [6, 6.07) is 13.7. The third-order valence-corrected chi connectivity index (χ3v) is 6.35. The van der Waals surface area contributed by atoms with Gasteiger partial charge in [0.05, 0.1) is 28.7 Å². The van der Waals surface area contributed by atoms with Crippen LogP contribution in [0.15, 0.2) is 67.4 Å². The average molecular weight is 446 g/mol. The Labute approximate surface area is 189 Å². The van der Waals surface area contributed by atoms with Crippen LogP contribution in [0.5, 0.6) is 5.75 Å². The Morgan fingerprint density at radius 3 is 3.00 bits per heavy atom. The topological polar surface area (TPSA) is 76.0 Å². The van der Waals surface area contributed by atoms with Crippen LogP contribution < -0.4 is 9.64 Å². The summed E-state index contributed by atoms with van der Waals surface area (Å²) in [4.78, 5) is 27.6. The minimum atomic E-state index is -0.0582. The molecule has 0 saturated heterocycles. The number of amides is 1. The highest BCUT2D eigenvalue weighted by Gasteiger charge is 2.23. The molecule has 0 fully saturated rings. The number of nitrogens with zero attached hydrogens (tertiary/aromatic N) is 4. The number of rotatable bonds is 8. The molecule has 0 spiro atoms. The molecule has 0 atom stereocenters. The van der Waals surface area contributed by atoms with Gasteiger partial charge in [0.2, 0.25) is 0 Å². The van der Waals surface area contributed by atoms with Gasteiger partial charge in [-0.15, -0.1) is 0 Å². The number of fused-ring (bicyclic) bond motifs is 2. The molecule has 5 rings (SSSR count). The SMILES string of the molecule is CCOc1ccc2nc(N(CCCn3ccnc3)C(=O)c3c[nH]c4ccccc34)sc2c1. The van der Waals surface area contributed by atoms with Crippen molar-refractivity contribution in [1.82, 2.24) is 19.5 Å². The van der Waals surface area contributed by atoms with E-state index < -0.39 is 0 Å². The zero-order valence-electron chi connectivity index (χ0n) is 17.7. The molecule has 8 heteroatoms. The fourth-order valence-electron chi connectivity index (χ4n) is 3.77. The molecule has 7 nitrogen and oxygen atoms in total. The molecule has 2 aromatic carbocycles. The Hall–Kier alpha value is -3.65. The van der Waals surface area contributed by atoms with E-state index in [2.05, 4.69) is 9.97 Å². The third kappa shape index (κ3) is 3.97. The highest BCUT2D eigenvalue weighted by Crippen LogP contribution is 2.33. The third-order valence-electron chi connectivity index (χ3n) is 5.31. The van der Waals surface area contributed by atoms with Gasteiger partial charge in [0, 0.05) is 42.6 Å². The van der Waals surface area contributed by atoms with Gasteiger partial charge < -0.3 is 14.3 Å². The Kier molecular flexibility index (Phi) is 5.60. The summed E-state index contributed by atoms with van der Waals surface area (Å²) in [5.74, 6) is 0.752. The number of imidazole rings is 1. The Morgan fingerprint density at radius 1 is 1.25 bits per heavy atom. The van der Waals surface area contributed by atoms with E-state index in [0.717, 1.165) is 39.8 Å². The van der Waals surface area contributed by atoms with Crippen molar-refractivity contribution in [3.05, 3.63) is 72.9 Å². The van der Waals surface area contributed by atoms with Crippen LogP contribution in [0.4, 0.5) is 5.13 Å². The van der Waals surface area contributed by atoms with Gasteiger partial charge in [-0.2, -0.15) is 0 Å². The van der Waals surface area contributed by atoms with Gasteiger partial charge in [-0.1, -0.05) is 29.5 Å². The number of hydrogen-bond acceptors (Lipinski definition) is 5. The number of aromatic nitrogens is 4. The molecule has 5 aromatic rings. The molecule has 0 bridgehead atoms. The summed E-state index contributed by atoms with van der Waals surface area (Å²) >= 11 is 1.51. The first-order chi connectivity index (χ1) is 15.7. The van der Waals surface area contributed by atoms with Crippen molar-refractivity contribution in [1.29, 1.82) is 0 Å². The van der Waals surface area contributed by atoms with Gasteiger partial charge in [-0.05, 0) is 37.6 Å². The van der Waals surface area contributed by atoms with Crippen molar-refractivity contribution in [2.45, 2.75) is 19.9 Å². The summed E-state index contributed by atoms with van der Waals surface area (Å²) in [7, 11) is 0. The lowest BCUT2D eigenvalue weighted by Gasteiger charge is -2.19. The highest BCUT2D eigenvalue weighted by atomic mass is 32.1. The molecular weight excluding hydrogens is 422 g/mol. The lowest BCUT2D eigenvalue weighted by molar-refractivity contribution is 0.0988. The second kappa shape index (κ2) is 8.84. The average Bonchev–Trinajstić information content (AvgIpc) is 3.55. The van der Waals surface area contributed by atoms with Gasteiger partial charge in [0.25, 0.3) is 5.91 Å². The number of thiazole rings is 1. The maximum atomic E-state index is 13.7. The van der Waals surface area contributed by atoms with Crippen molar-refractivity contribution < 1.29 is 9.53 Å². The molecule has 1 N–H and O–H groups in total. The van der Waals surface area contributed by atoms with Crippen LogP contribution >= 0.6 is 11.3 Å². The molecule has 32 heavy (non-hydrogen) atoms. The van der Waals surface area contributed by atoms with Crippen molar-refractivity contribution in [2.75, 3.05) is 18.1 Å². The number of nitrogens with one attached hydrogen (secondary N) is 1. The van der Waals surface area contributed by atoms with E-state index in [1.165, 1.54) is 11.3 Å². The van der Waals surface area contributed by atoms with Crippen molar-refractivity contribution in [2.24, 2.45) is 0 Å². The zero-order chi connectivity index (χ0) is 21.9. The molecule has 3 heterocycles. The first-order valence-electron chi connectivity index (χ1n) is 10.6. The number of aryl methyl sites for hydroxylation is 1. The number of aromatic amines is 1. The maximum Gasteiger partial charge on any atom is 0.262 e. The van der Waals surface area contributed by atoms with E-state index in [-0.39, 0.29) is 5.91 Å². The first-order valence-corrected chi connectivity index (χ1v) is 11.4. The maximum absolute atomic E-state index is 13.7. The second-order valence-electron chi connectivity index (χ2n) is 7.42. The minimum absolute atomic E-state index is 0.0582. The Morgan fingerprint density at radius 2 is 2.16 bits per heavy atom. The van der Waals surface area contributed by atoms with Crippen molar-refractivity contribution in [3.8, 4) is 5.75 Å². The van der Waals surface area contributed by atoms with Crippen LogP contribution in [0.3, 0.4) is 0 Å². The van der Waals surface area contributed by atoms with Gasteiger partial charge in [-0.25, -0.2) is 9.97 Å². The Balaban J connectivity index is 1.48. The summed E-state index contributed by atoms with van der Waals surface area (Å²) in [6.45, 7) is 3.90. The molecule has 162 valence electrons. The van der Waals surface area contributed by atoms with Crippen molar-refractivity contribution >= 4 is 43.5 Å². The molecule has 0 aliphatic rings. The number of para-hydroxylation sites is 1. The van der Waals surface area contributed by atoms with Crippen LogP contribution in [0.1, 0.15) is 23.7 Å².